The number of benzene rings is 1. The summed E-state index contributed by atoms with van der Waals surface area (Å²) < 4.78 is 12.9. The van der Waals surface area contributed by atoms with Crippen LogP contribution in [0.15, 0.2) is 24.3 Å². The molecule has 1 aromatic rings. The summed E-state index contributed by atoms with van der Waals surface area (Å²) in [5.74, 6) is 8.19. The Morgan fingerprint density at radius 1 is 1.16 bits per heavy atom. The summed E-state index contributed by atoms with van der Waals surface area (Å²) in [6.07, 6.45) is 4.74. The quantitative estimate of drug-likeness (QED) is 0.716. The van der Waals surface area contributed by atoms with Crippen molar-refractivity contribution in [3.63, 3.8) is 0 Å². The Kier molecular flexibility index (Phi) is 4.30. The predicted octanol–water partition coefficient (Wildman–Crippen LogP) is 4.18. The van der Waals surface area contributed by atoms with Gasteiger partial charge in [-0.1, -0.05) is 30.0 Å². The summed E-state index contributed by atoms with van der Waals surface area (Å²) in [7, 11) is 0. The summed E-state index contributed by atoms with van der Waals surface area (Å²) in [5, 5.41) is 0. The molecule has 0 aliphatic carbocycles. The van der Waals surface area contributed by atoms with Crippen molar-refractivity contribution in [3.05, 3.63) is 29.8 Å². The summed E-state index contributed by atoms with van der Waals surface area (Å²) in [5.41, 5.74) is 0.615. The maximum atomic E-state index is 6.63. The third-order valence-corrected chi connectivity index (χ3v) is 6.03. The largest absolute Gasteiger partial charge is 0.487 e. The van der Waals surface area contributed by atoms with Gasteiger partial charge in [-0.05, 0) is 65.6 Å². The van der Waals surface area contributed by atoms with Gasteiger partial charge in [0.15, 0.2) is 0 Å². The van der Waals surface area contributed by atoms with Gasteiger partial charge < -0.3 is 9.47 Å². The molecule has 3 heterocycles. The fourth-order valence-electron chi connectivity index (χ4n) is 4.53. The number of nitrogens with zero attached hydrogens (tertiary/aromatic N) is 1. The Morgan fingerprint density at radius 3 is 2.72 bits per heavy atom. The van der Waals surface area contributed by atoms with E-state index < -0.39 is 0 Å². The second-order valence-electron chi connectivity index (χ2n) is 8.44. The monoisotopic (exact) mass is 339 g/mol. The fraction of sp³-hybridized carbons (Fsp3) is 0.636. The van der Waals surface area contributed by atoms with E-state index in [1.165, 1.54) is 31.5 Å². The average molecular weight is 339 g/mol. The normalized spacial score (nSPS) is 33.6. The van der Waals surface area contributed by atoms with Crippen LogP contribution in [0.1, 0.15) is 58.1 Å². The van der Waals surface area contributed by atoms with Crippen molar-refractivity contribution in [1.82, 2.24) is 4.90 Å². The Labute approximate surface area is 151 Å². The van der Waals surface area contributed by atoms with Crippen molar-refractivity contribution in [2.24, 2.45) is 5.92 Å². The maximum Gasteiger partial charge on any atom is 0.126 e. The summed E-state index contributed by atoms with van der Waals surface area (Å²) in [6, 6.07) is 8.31. The summed E-state index contributed by atoms with van der Waals surface area (Å²) in [4.78, 5) is 2.44. The van der Waals surface area contributed by atoms with Crippen LogP contribution in [0.2, 0.25) is 0 Å². The van der Waals surface area contributed by atoms with E-state index in [1.807, 2.05) is 6.07 Å². The highest BCUT2D eigenvalue weighted by atomic mass is 16.5. The molecule has 0 aromatic heterocycles. The molecule has 0 spiro atoms. The zero-order valence-electron chi connectivity index (χ0n) is 15.7. The minimum atomic E-state index is -0.360. The van der Waals surface area contributed by atoms with Crippen molar-refractivity contribution in [2.45, 2.75) is 63.8 Å². The highest BCUT2D eigenvalue weighted by Crippen LogP contribution is 2.52. The van der Waals surface area contributed by atoms with Crippen LogP contribution in [-0.4, -0.2) is 35.7 Å². The van der Waals surface area contributed by atoms with E-state index in [2.05, 4.69) is 55.7 Å². The van der Waals surface area contributed by atoms with Crippen LogP contribution in [0, 0.1) is 17.8 Å². The van der Waals surface area contributed by atoms with Gasteiger partial charge in [0.25, 0.3) is 0 Å². The zero-order valence-corrected chi connectivity index (χ0v) is 15.7. The number of fused-ring (bicyclic) bond motifs is 3. The van der Waals surface area contributed by atoms with Crippen molar-refractivity contribution < 1.29 is 9.47 Å². The third kappa shape index (κ3) is 3.30. The number of hydrogen-bond acceptors (Lipinski definition) is 3. The molecule has 0 saturated carbocycles. The SMILES string of the molecule is CC1(C)Oc2ccccc2[C@H]2O[C@@](C)(C#CCN3CCCC3)CC[C@@H]21. The van der Waals surface area contributed by atoms with Crippen molar-refractivity contribution >= 4 is 0 Å². The molecule has 0 bridgehead atoms. The van der Waals surface area contributed by atoms with Crippen molar-refractivity contribution in [2.75, 3.05) is 19.6 Å². The number of ether oxygens (including phenoxy) is 2. The summed E-state index contributed by atoms with van der Waals surface area (Å²) in [6.45, 7) is 9.78. The van der Waals surface area contributed by atoms with E-state index in [-0.39, 0.29) is 17.3 Å². The van der Waals surface area contributed by atoms with E-state index in [9.17, 15) is 0 Å². The first-order chi connectivity index (χ1) is 12.0. The molecule has 3 aliphatic heterocycles. The van der Waals surface area contributed by atoms with E-state index in [1.54, 1.807) is 0 Å². The lowest BCUT2D eigenvalue weighted by molar-refractivity contribution is -0.169. The number of rotatable bonds is 1. The van der Waals surface area contributed by atoms with Crippen molar-refractivity contribution in [3.8, 4) is 17.6 Å². The van der Waals surface area contributed by atoms with Gasteiger partial charge in [0, 0.05) is 11.5 Å². The van der Waals surface area contributed by atoms with Gasteiger partial charge in [0.2, 0.25) is 0 Å². The lowest BCUT2D eigenvalue weighted by atomic mass is 9.73. The molecule has 134 valence electrons. The minimum Gasteiger partial charge on any atom is -0.487 e. The topological polar surface area (TPSA) is 21.7 Å². The lowest BCUT2D eigenvalue weighted by Crippen LogP contribution is -2.50. The van der Waals surface area contributed by atoms with Gasteiger partial charge >= 0.3 is 0 Å². The molecular formula is C22H29NO2. The molecule has 3 heteroatoms. The van der Waals surface area contributed by atoms with E-state index in [0.29, 0.717) is 5.92 Å². The second kappa shape index (κ2) is 6.34. The molecule has 0 amide bonds. The van der Waals surface area contributed by atoms with E-state index in [4.69, 9.17) is 9.47 Å². The Balaban J connectivity index is 1.55. The standard InChI is InChI=1S/C22H29NO2/c1-21(2)18-11-13-22(3,12-8-16-23-14-6-7-15-23)25-20(18)17-9-4-5-10-19(17)24-21/h4-5,9-10,18,20H,6-7,11,13-16H2,1-3H3/t18-,20+,22-/m0/s1. The zero-order chi connectivity index (χ0) is 17.5. The molecular weight excluding hydrogens is 310 g/mol. The Bertz CT molecular complexity index is 695. The number of para-hydroxylation sites is 1. The molecule has 25 heavy (non-hydrogen) atoms. The van der Waals surface area contributed by atoms with Gasteiger partial charge in [-0.2, -0.15) is 0 Å². The van der Waals surface area contributed by atoms with E-state index >= 15 is 0 Å². The second-order valence-corrected chi connectivity index (χ2v) is 8.44. The smallest absolute Gasteiger partial charge is 0.126 e. The number of hydrogen-bond donors (Lipinski definition) is 0. The van der Waals surface area contributed by atoms with Crippen LogP contribution in [0.3, 0.4) is 0 Å². The molecule has 0 unspecified atom stereocenters. The molecule has 0 N–H and O–H groups in total. The number of likely N-dealkylation sites (tertiary alicyclic amines) is 1. The third-order valence-electron chi connectivity index (χ3n) is 6.03. The van der Waals surface area contributed by atoms with Crippen LogP contribution in [0.25, 0.3) is 0 Å². The van der Waals surface area contributed by atoms with Crippen LogP contribution < -0.4 is 4.74 Å². The molecule has 3 aliphatic rings. The van der Waals surface area contributed by atoms with Gasteiger partial charge in [-0.25, -0.2) is 0 Å². The summed E-state index contributed by atoms with van der Waals surface area (Å²) >= 11 is 0. The average Bonchev–Trinajstić information content (AvgIpc) is 3.07. The Morgan fingerprint density at radius 2 is 1.92 bits per heavy atom. The highest BCUT2D eigenvalue weighted by Gasteiger charge is 2.49. The molecule has 3 atom stereocenters. The first kappa shape index (κ1) is 16.9. The molecule has 1 aromatic carbocycles. The van der Waals surface area contributed by atoms with Gasteiger partial charge in [0.1, 0.15) is 17.0 Å². The highest BCUT2D eigenvalue weighted by molar-refractivity contribution is 5.39. The van der Waals surface area contributed by atoms with Crippen LogP contribution in [0.5, 0.6) is 5.75 Å². The maximum absolute atomic E-state index is 6.63. The van der Waals surface area contributed by atoms with Crippen LogP contribution in [-0.2, 0) is 4.74 Å². The molecule has 3 nitrogen and oxygen atoms in total. The Hall–Kier alpha value is -1.50. The van der Waals surface area contributed by atoms with Gasteiger partial charge in [0.05, 0.1) is 12.6 Å². The van der Waals surface area contributed by atoms with Crippen LogP contribution in [0.4, 0.5) is 0 Å². The predicted molar refractivity (Wildman–Crippen MR) is 99.6 cm³/mol. The molecule has 0 radical (unpaired) electrons. The van der Waals surface area contributed by atoms with Crippen LogP contribution >= 0.6 is 0 Å². The minimum absolute atomic E-state index is 0.0692. The first-order valence-electron chi connectivity index (χ1n) is 9.65. The molecule has 2 fully saturated rings. The fourth-order valence-corrected chi connectivity index (χ4v) is 4.53. The molecule has 2 saturated heterocycles. The molecule has 4 rings (SSSR count). The van der Waals surface area contributed by atoms with E-state index in [0.717, 1.165) is 25.1 Å². The van der Waals surface area contributed by atoms with Crippen molar-refractivity contribution in [1.29, 1.82) is 0 Å². The van der Waals surface area contributed by atoms with Gasteiger partial charge in [-0.15, -0.1) is 0 Å². The van der Waals surface area contributed by atoms with Gasteiger partial charge in [-0.3, -0.25) is 4.90 Å². The lowest BCUT2D eigenvalue weighted by Gasteiger charge is -2.50. The first-order valence-corrected chi connectivity index (χ1v) is 9.65.